The standard InChI is InChI=1S/C15H21N5O/c1-4-19-11-13(9-17-19)8-16-15(21)7-6-14-10-18-20(5-2)12(14)3/h6-7,9-11H,4-5,8H2,1-3H3,(H,16,21)/b7-6+. The molecule has 2 aromatic rings. The highest BCUT2D eigenvalue weighted by Gasteiger charge is 2.03. The number of aryl methyl sites for hydroxylation is 2. The van der Waals surface area contributed by atoms with Gasteiger partial charge >= 0.3 is 0 Å². The minimum Gasteiger partial charge on any atom is -0.348 e. The van der Waals surface area contributed by atoms with Gasteiger partial charge in [0.1, 0.15) is 0 Å². The fourth-order valence-electron chi connectivity index (χ4n) is 2.03. The molecule has 2 aromatic heterocycles. The van der Waals surface area contributed by atoms with Gasteiger partial charge in [0.25, 0.3) is 0 Å². The average molecular weight is 287 g/mol. The fraction of sp³-hybridized carbons (Fsp3) is 0.400. The van der Waals surface area contributed by atoms with Crippen LogP contribution in [0.25, 0.3) is 6.08 Å². The van der Waals surface area contributed by atoms with Crippen LogP contribution in [0.1, 0.15) is 30.7 Å². The maximum absolute atomic E-state index is 11.8. The number of rotatable bonds is 6. The second kappa shape index (κ2) is 6.88. The quantitative estimate of drug-likeness (QED) is 0.823. The van der Waals surface area contributed by atoms with Gasteiger partial charge < -0.3 is 5.32 Å². The van der Waals surface area contributed by atoms with E-state index in [4.69, 9.17) is 0 Å². The minimum atomic E-state index is -0.122. The molecule has 2 heterocycles. The van der Waals surface area contributed by atoms with E-state index in [9.17, 15) is 4.79 Å². The normalized spacial score (nSPS) is 11.2. The van der Waals surface area contributed by atoms with Crippen molar-refractivity contribution in [3.05, 3.63) is 41.5 Å². The minimum absolute atomic E-state index is 0.122. The maximum Gasteiger partial charge on any atom is 0.244 e. The van der Waals surface area contributed by atoms with Gasteiger partial charge in [-0.05, 0) is 26.8 Å². The van der Waals surface area contributed by atoms with E-state index in [1.54, 1.807) is 18.5 Å². The van der Waals surface area contributed by atoms with Crippen molar-refractivity contribution in [1.29, 1.82) is 0 Å². The Morgan fingerprint density at radius 2 is 2.10 bits per heavy atom. The summed E-state index contributed by atoms with van der Waals surface area (Å²) in [7, 11) is 0. The van der Waals surface area contributed by atoms with Gasteiger partial charge in [0, 0.05) is 48.7 Å². The Morgan fingerprint density at radius 3 is 2.71 bits per heavy atom. The largest absolute Gasteiger partial charge is 0.348 e. The van der Waals surface area contributed by atoms with Crippen molar-refractivity contribution >= 4 is 12.0 Å². The van der Waals surface area contributed by atoms with E-state index in [1.165, 1.54) is 6.08 Å². The molecule has 0 bridgehead atoms. The molecule has 21 heavy (non-hydrogen) atoms. The molecule has 112 valence electrons. The zero-order valence-electron chi connectivity index (χ0n) is 12.7. The van der Waals surface area contributed by atoms with Crippen molar-refractivity contribution in [1.82, 2.24) is 24.9 Å². The zero-order valence-corrected chi connectivity index (χ0v) is 12.7. The van der Waals surface area contributed by atoms with Gasteiger partial charge in [-0.15, -0.1) is 0 Å². The lowest BCUT2D eigenvalue weighted by molar-refractivity contribution is -0.116. The monoisotopic (exact) mass is 287 g/mol. The predicted octanol–water partition coefficient (Wildman–Crippen LogP) is 1.76. The molecule has 1 amide bonds. The Labute approximate surface area is 124 Å². The van der Waals surface area contributed by atoms with E-state index in [0.29, 0.717) is 6.54 Å². The van der Waals surface area contributed by atoms with Crippen LogP contribution >= 0.6 is 0 Å². The summed E-state index contributed by atoms with van der Waals surface area (Å²) < 4.78 is 3.73. The molecule has 6 heteroatoms. The third-order valence-electron chi connectivity index (χ3n) is 3.33. The van der Waals surface area contributed by atoms with Crippen LogP contribution in [0.15, 0.2) is 24.7 Å². The number of hydrogen-bond donors (Lipinski definition) is 1. The Morgan fingerprint density at radius 1 is 1.29 bits per heavy atom. The summed E-state index contributed by atoms with van der Waals surface area (Å²) in [5.74, 6) is -0.122. The Kier molecular flexibility index (Phi) is 4.92. The number of carbonyl (C=O) groups is 1. The van der Waals surface area contributed by atoms with Crippen LogP contribution in [0.4, 0.5) is 0 Å². The first-order valence-corrected chi connectivity index (χ1v) is 7.13. The van der Waals surface area contributed by atoms with Gasteiger partial charge in [0.2, 0.25) is 5.91 Å². The van der Waals surface area contributed by atoms with Crippen molar-refractivity contribution in [2.45, 2.75) is 40.4 Å². The fourth-order valence-corrected chi connectivity index (χ4v) is 2.03. The average Bonchev–Trinajstić information content (AvgIpc) is 3.09. The lowest BCUT2D eigenvalue weighted by Gasteiger charge is -2.00. The molecule has 0 aliphatic heterocycles. The molecule has 1 N–H and O–H groups in total. The summed E-state index contributed by atoms with van der Waals surface area (Å²) in [6, 6.07) is 0. The smallest absolute Gasteiger partial charge is 0.244 e. The van der Waals surface area contributed by atoms with Crippen LogP contribution in [-0.4, -0.2) is 25.5 Å². The van der Waals surface area contributed by atoms with E-state index < -0.39 is 0 Å². The van der Waals surface area contributed by atoms with Crippen LogP contribution < -0.4 is 5.32 Å². The van der Waals surface area contributed by atoms with Crippen LogP contribution in [0.5, 0.6) is 0 Å². The molecule has 0 saturated heterocycles. The van der Waals surface area contributed by atoms with Gasteiger partial charge in [-0.25, -0.2) is 0 Å². The first kappa shape index (κ1) is 15.0. The summed E-state index contributed by atoms with van der Waals surface area (Å²) >= 11 is 0. The van der Waals surface area contributed by atoms with Crippen LogP contribution in [0, 0.1) is 6.92 Å². The van der Waals surface area contributed by atoms with Gasteiger partial charge in [-0.2, -0.15) is 10.2 Å². The third kappa shape index (κ3) is 3.81. The predicted molar refractivity (Wildman–Crippen MR) is 81.4 cm³/mol. The van der Waals surface area contributed by atoms with Gasteiger partial charge in [-0.3, -0.25) is 14.2 Å². The van der Waals surface area contributed by atoms with Crippen molar-refractivity contribution < 1.29 is 4.79 Å². The number of carbonyl (C=O) groups excluding carboxylic acids is 1. The Hall–Kier alpha value is -2.37. The summed E-state index contributed by atoms with van der Waals surface area (Å²) in [6.07, 6.45) is 8.80. The second-order valence-electron chi connectivity index (χ2n) is 4.76. The number of nitrogens with one attached hydrogen (secondary N) is 1. The first-order chi connectivity index (χ1) is 10.1. The summed E-state index contributed by atoms with van der Waals surface area (Å²) in [5, 5.41) is 11.2. The van der Waals surface area contributed by atoms with Gasteiger partial charge in [0.05, 0.1) is 12.4 Å². The highest BCUT2D eigenvalue weighted by molar-refractivity contribution is 5.91. The highest BCUT2D eigenvalue weighted by Crippen LogP contribution is 2.08. The van der Waals surface area contributed by atoms with E-state index in [1.807, 2.05) is 36.3 Å². The Bertz CT molecular complexity index is 638. The first-order valence-electron chi connectivity index (χ1n) is 7.13. The van der Waals surface area contributed by atoms with E-state index in [2.05, 4.69) is 15.5 Å². The summed E-state index contributed by atoms with van der Waals surface area (Å²) in [4.78, 5) is 11.8. The lowest BCUT2D eigenvalue weighted by atomic mass is 10.2. The molecule has 0 atom stereocenters. The van der Waals surface area contributed by atoms with E-state index in [-0.39, 0.29) is 5.91 Å². The molecular formula is C15H21N5O. The molecule has 0 fully saturated rings. The zero-order chi connectivity index (χ0) is 15.2. The van der Waals surface area contributed by atoms with Gasteiger partial charge in [0.15, 0.2) is 0 Å². The SMILES string of the molecule is CCn1cc(CNC(=O)/C=C/c2cnn(CC)c2C)cn1. The number of amides is 1. The van der Waals surface area contributed by atoms with Crippen molar-refractivity contribution in [3.8, 4) is 0 Å². The molecule has 0 aliphatic rings. The summed E-state index contributed by atoms with van der Waals surface area (Å²) in [6.45, 7) is 8.19. The molecular weight excluding hydrogens is 266 g/mol. The van der Waals surface area contributed by atoms with E-state index in [0.717, 1.165) is 29.9 Å². The van der Waals surface area contributed by atoms with E-state index >= 15 is 0 Å². The molecule has 2 rings (SSSR count). The molecule has 0 spiro atoms. The van der Waals surface area contributed by atoms with Crippen LogP contribution in [-0.2, 0) is 24.4 Å². The number of nitrogens with zero attached hydrogens (tertiary/aromatic N) is 4. The molecule has 0 saturated carbocycles. The summed E-state index contributed by atoms with van der Waals surface area (Å²) in [5.41, 5.74) is 3.02. The van der Waals surface area contributed by atoms with Crippen LogP contribution in [0.3, 0.4) is 0 Å². The highest BCUT2D eigenvalue weighted by atomic mass is 16.1. The second-order valence-corrected chi connectivity index (χ2v) is 4.76. The lowest BCUT2D eigenvalue weighted by Crippen LogP contribution is -2.19. The topological polar surface area (TPSA) is 64.7 Å². The maximum atomic E-state index is 11.8. The van der Waals surface area contributed by atoms with Crippen molar-refractivity contribution in [3.63, 3.8) is 0 Å². The van der Waals surface area contributed by atoms with Gasteiger partial charge in [-0.1, -0.05) is 0 Å². The number of aromatic nitrogens is 4. The van der Waals surface area contributed by atoms with Crippen molar-refractivity contribution in [2.24, 2.45) is 0 Å². The molecule has 0 unspecified atom stereocenters. The number of hydrogen-bond acceptors (Lipinski definition) is 3. The van der Waals surface area contributed by atoms with Crippen molar-refractivity contribution in [2.75, 3.05) is 0 Å². The molecule has 6 nitrogen and oxygen atoms in total. The third-order valence-corrected chi connectivity index (χ3v) is 3.33. The van der Waals surface area contributed by atoms with Crippen LogP contribution in [0.2, 0.25) is 0 Å². The Balaban J connectivity index is 1.89. The molecule has 0 radical (unpaired) electrons. The molecule has 0 aliphatic carbocycles. The molecule has 0 aromatic carbocycles.